The van der Waals surface area contributed by atoms with Crippen LogP contribution in [0.15, 0.2) is 49.1 Å². The summed E-state index contributed by atoms with van der Waals surface area (Å²) in [5.41, 5.74) is 7.05. The van der Waals surface area contributed by atoms with E-state index in [0.29, 0.717) is 35.4 Å². The third-order valence-electron chi connectivity index (χ3n) is 15.1. The van der Waals surface area contributed by atoms with Gasteiger partial charge in [0.05, 0.1) is 34.5 Å². The first-order valence-corrected chi connectivity index (χ1v) is 25.5. The van der Waals surface area contributed by atoms with Crippen molar-refractivity contribution in [3.05, 3.63) is 70.8 Å². The average molecular weight is 1020 g/mol. The van der Waals surface area contributed by atoms with Crippen LogP contribution in [0.5, 0.6) is 5.75 Å². The summed E-state index contributed by atoms with van der Waals surface area (Å²) in [6, 6.07) is 10.7. The van der Waals surface area contributed by atoms with Gasteiger partial charge < -0.3 is 35.5 Å². The number of rotatable bonds is 20. The molecule has 2 aromatic carbocycles. The molecule has 2 unspecified atom stereocenters. The number of nitriles is 1. The predicted octanol–water partition coefficient (Wildman–Crippen LogP) is 4.29. The number of carbonyl (C=O) groups is 6. The lowest BCUT2D eigenvalue weighted by Gasteiger charge is -2.63. The van der Waals surface area contributed by atoms with Crippen molar-refractivity contribution >= 4 is 52.9 Å². The Morgan fingerprint density at radius 2 is 1.61 bits per heavy atom. The van der Waals surface area contributed by atoms with Crippen LogP contribution < -0.4 is 31.3 Å². The van der Waals surface area contributed by atoms with Gasteiger partial charge >= 0.3 is 6.09 Å². The number of hydrogen-bond donors (Lipinski definition) is 4. The molecule has 5 aliphatic rings. The first-order chi connectivity index (χ1) is 34.3. The molecule has 20 heteroatoms. The van der Waals surface area contributed by atoms with Gasteiger partial charge in [0.2, 0.25) is 11.8 Å². The van der Waals surface area contributed by atoms with E-state index in [1.807, 2.05) is 26.0 Å². The van der Waals surface area contributed by atoms with Crippen molar-refractivity contribution in [2.45, 2.75) is 104 Å². The normalized spacial score (nSPS) is 23.3. The van der Waals surface area contributed by atoms with Gasteiger partial charge in [-0.15, -0.1) is 6.58 Å². The van der Waals surface area contributed by atoms with Crippen LogP contribution in [-0.2, 0) is 23.9 Å². The van der Waals surface area contributed by atoms with Gasteiger partial charge in [0.15, 0.2) is 6.73 Å². The largest absolute Gasteiger partial charge is 0.489 e. The topological polar surface area (TPSA) is 232 Å². The Morgan fingerprint density at radius 3 is 2.26 bits per heavy atom. The van der Waals surface area contributed by atoms with Crippen LogP contribution in [0.3, 0.4) is 0 Å². The molecule has 0 bridgehead atoms. The van der Waals surface area contributed by atoms with Gasteiger partial charge in [0.1, 0.15) is 30.2 Å². The molecule has 1 saturated carbocycles. The van der Waals surface area contributed by atoms with Gasteiger partial charge in [-0.2, -0.15) is 5.26 Å². The summed E-state index contributed by atoms with van der Waals surface area (Å²) in [4.78, 5) is 87.1. The molecule has 3 saturated heterocycles. The van der Waals surface area contributed by atoms with Crippen LogP contribution in [-0.4, -0.2) is 158 Å². The number of carbonyl (C=O) groups excluding carboxylic acids is 6. The number of fused-ring (bicyclic) bond motifs is 1. The molecular weight excluding hydrogens is 944 g/mol. The van der Waals surface area contributed by atoms with Gasteiger partial charge in [-0.05, 0) is 61.4 Å². The van der Waals surface area contributed by atoms with Crippen molar-refractivity contribution in [1.82, 2.24) is 35.6 Å². The van der Waals surface area contributed by atoms with Gasteiger partial charge in [-0.1, -0.05) is 59.2 Å². The Hall–Kier alpha value is -5.62. The van der Waals surface area contributed by atoms with Gasteiger partial charge in [0, 0.05) is 100 Å². The number of imide groups is 2. The number of hydrogen-bond acceptors (Lipinski definition) is 15. The van der Waals surface area contributed by atoms with E-state index in [1.165, 1.54) is 0 Å². The third kappa shape index (κ3) is 11.7. The van der Waals surface area contributed by atoms with E-state index in [-0.39, 0.29) is 78.1 Å². The van der Waals surface area contributed by atoms with Crippen LogP contribution >= 0.6 is 11.6 Å². The second kappa shape index (κ2) is 23.1. The smallest absolute Gasteiger partial charge is 0.408 e. The lowest BCUT2D eigenvalue weighted by molar-refractivity contribution is -0.180. The summed E-state index contributed by atoms with van der Waals surface area (Å²) in [6.45, 7) is 22.2. The van der Waals surface area contributed by atoms with Crippen molar-refractivity contribution < 1.29 is 43.0 Å². The minimum Gasteiger partial charge on any atom is -0.489 e. The van der Waals surface area contributed by atoms with Crippen LogP contribution in [0.2, 0.25) is 5.02 Å². The highest BCUT2D eigenvalue weighted by Gasteiger charge is 2.63. The molecule has 19 nitrogen and oxygen atoms in total. The number of anilines is 1. The second-order valence-electron chi connectivity index (χ2n) is 21.1. The number of benzene rings is 2. The van der Waals surface area contributed by atoms with Crippen LogP contribution in [0.1, 0.15) is 99.9 Å². The molecule has 5 N–H and O–H groups in total. The standard InChI is InChI=1S/C52H71ClN10O9/c1-8-9-42(70-30-58-48-51(4,5)49(52(48,6)7)72-36-12-10-34(28-54)39(53)27-36)61-20-16-33(17-21-61)29-59-22-24-60(25-23-59)35-11-13-37-38(26-35)46(67)63(45(37)66)40-14-15-41(64)62(47(40)68)31-71-50(69)57-19-18-56-44(65)43(55)32(2)3/h8,10-13,26-27,32-33,40,42-43,48-49,58H,1,9,14-25,29-31,55H2,2-7H3,(H,56,65)(H,57,69)/t40?,42?,43-,48-,49-/m0/s1. The number of amides is 6. The molecule has 3 atom stereocenters. The van der Waals surface area contributed by atoms with E-state index >= 15 is 0 Å². The number of ether oxygens (including phenoxy) is 3. The van der Waals surface area contributed by atoms with E-state index in [4.69, 9.17) is 31.5 Å². The number of likely N-dealkylation sites (tertiary alicyclic amines) is 2. The number of piperidine rings is 2. The molecule has 4 aliphatic heterocycles. The Labute approximate surface area is 427 Å². The fourth-order valence-corrected chi connectivity index (χ4v) is 11.5. The lowest BCUT2D eigenvalue weighted by Crippen LogP contribution is -2.74. The number of alkyl carbamates (subject to hydrolysis) is 1. The van der Waals surface area contributed by atoms with Crippen LogP contribution in [0.4, 0.5) is 10.5 Å². The highest BCUT2D eigenvalue weighted by molar-refractivity contribution is 6.31. The molecule has 2 aromatic rings. The Morgan fingerprint density at radius 1 is 0.931 bits per heavy atom. The van der Waals surface area contributed by atoms with E-state index in [2.05, 4.69) is 71.0 Å². The predicted molar refractivity (Wildman–Crippen MR) is 270 cm³/mol. The molecule has 4 heterocycles. The summed E-state index contributed by atoms with van der Waals surface area (Å²) in [5, 5.41) is 18.4. The number of nitrogens with one attached hydrogen (secondary N) is 3. The molecule has 1 aliphatic carbocycles. The molecule has 0 aromatic heterocycles. The Kier molecular flexibility index (Phi) is 17.4. The molecule has 390 valence electrons. The lowest BCUT2D eigenvalue weighted by atomic mass is 9.49. The fraction of sp³-hybridized carbons (Fsp3) is 0.596. The maximum absolute atomic E-state index is 13.9. The van der Waals surface area contributed by atoms with Crippen molar-refractivity contribution in [3.63, 3.8) is 0 Å². The van der Waals surface area contributed by atoms with Crippen molar-refractivity contribution in [1.29, 1.82) is 5.26 Å². The minimum absolute atomic E-state index is 0.0141. The third-order valence-corrected chi connectivity index (χ3v) is 15.4. The van der Waals surface area contributed by atoms with E-state index < -0.39 is 48.5 Å². The summed E-state index contributed by atoms with van der Waals surface area (Å²) in [7, 11) is 0. The minimum atomic E-state index is -1.24. The summed E-state index contributed by atoms with van der Waals surface area (Å²) < 4.78 is 18.1. The molecule has 0 radical (unpaired) electrons. The number of piperazine rings is 1. The maximum atomic E-state index is 13.9. The van der Waals surface area contributed by atoms with Gasteiger partial charge in [-0.25, -0.2) is 9.69 Å². The zero-order valence-electron chi connectivity index (χ0n) is 42.4. The van der Waals surface area contributed by atoms with E-state index in [9.17, 15) is 34.0 Å². The molecule has 4 fully saturated rings. The number of nitrogens with two attached hydrogens (primary N) is 1. The second-order valence-corrected chi connectivity index (χ2v) is 21.5. The summed E-state index contributed by atoms with van der Waals surface area (Å²) in [6.07, 6.45) is 3.47. The Balaban J connectivity index is 0.833. The molecule has 72 heavy (non-hydrogen) atoms. The molecular formula is C52H71ClN10O9. The average Bonchev–Trinajstić information content (AvgIpc) is 3.60. The first kappa shape index (κ1) is 54.2. The summed E-state index contributed by atoms with van der Waals surface area (Å²) >= 11 is 6.30. The van der Waals surface area contributed by atoms with Crippen LogP contribution in [0.25, 0.3) is 0 Å². The quantitative estimate of drug-likeness (QED) is 0.0628. The van der Waals surface area contributed by atoms with Crippen LogP contribution in [0, 0.1) is 34.0 Å². The zero-order chi connectivity index (χ0) is 52.1. The van der Waals surface area contributed by atoms with Crippen molar-refractivity contribution in [3.8, 4) is 11.8 Å². The van der Waals surface area contributed by atoms with E-state index in [0.717, 1.165) is 74.1 Å². The maximum Gasteiger partial charge on any atom is 0.408 e. The highest BCUT2D eigenvalue weighted by Crippen LogP contribution is 2.55. The monoisotopic (exact) mass is 1010 g/mol. The summed E-state index contributed by atoms with van der Waals surface area (Å²) in [5.74, 6) is -1.86. The molecule has 0 spiro atoms. The highest BCUT2D eigenvalue weighted by atomic mass is 35.5. The van der Waals surface area contributed by atoms with E-state index in [1.54, 1.807) is 30.3 Å². The SMILES string of the molecule is C=CCC(OCN[C@H]1C(C)(C)[C@H](Oc2ccc(C#N)c(Cl)c2)C1(C)C)N1CCC(CN2CCN(c3ccc4c(c3)C(=O)N(C3CCC(=O)N(COC(=O)NCCNC(=O)[C@@H](N)C(C)C)C3=O)C4=O)CC2)CC1. The first-order valence-electron chi connectivity index (χ1n) is 25.1. The fourth-order valence-electron chi connectivity index (χ4n) is 11.3. The van der Waals surface area contributed by atoms with Gasteiger partial charge in [-0.3, -0.25) is 44.0 Å². The van der Waals surface area contributed by atoms with Crippen molar-refractivity contribution in [2.24, 2.45) is 28.4 Å². The zero-order valence-corrected chi connectivity index (χ0v) is 43.2. The molecule has 6 amide bonds. The number of halogens is 1. The Bertz CT molecular complexity index is 2390. The number of nitrogens with zero attached hydrogens (tertiary/aromatic N) is 6. The van der Waals surface area contributed by atoms with Gasteiger partial charge in [0.25, 0.3) is 17.7 Å². The molecule has 7 rings (SSSR count). The van der Waals surface area contributed by atoms with Crippen molar-refractivity contribution in [2.75, 3.05) is 77.3 Å².